The van der Waals surface area contributed by atoms with Crippen molar-refractivity contribution in [1.29, 1.82) is 0 Å². The molecule has 0 unspecified atom stereocenters. The van der Waals surface area contributed by atoms with Gasteiger partial charge < -0.3 is 10.1 Å². The highest BCUT2D eigenvalue weighted by Crippen LogP contribution is 2.06. The molecule has 0 saturated heterocycles. The normalized spacial score (nSPS) is 10.5. The third-order valence-corrected chi connectivity index (χ3v) is 3.05. The van der Waals surface area contributed by atoms with Gasteiger partial charge in [0.1, 0.15) is 12.4 Å². The van der Waals surface area contributed by atoms with Gasteiger partial charge in [0.15, 0.2) is 0 Å². The van der Waals surface area contributed by atoms with Gasteiger partial charge in [-0.3, -0.25) is 9.48 Å². The number of aromatic nitrogens is 2. The Morgan fingerprint density at radius 2 is 2.10 bits per heavy atom. The van der Waals surface area contributed by atoms with Crippen LogP contribution in [0.15, 0.2) is 36.4 Å². The van der Waals surface area contributed by atoms with Crippen molar-refractivity contribution in [3.8, 4) is 0 Å². The van der Waals surface area contributed by atoms with E-state index in [0.29, 0.717) is 5.69 Å². The minimum absolute atomic E-state index is 0.189. The second-order valence-electron chi connectivity index (χ2n) is 4.57. The summed E-state index contributed by atoms with van der Waals surface area (Å²) >= 11 is 0. The van der Waals surface area contributed by atoms with Crippen LogP contribution >= 0.6 is 0 Å². The van der Waals surface area contributed by atoms with Gasteiger partial charge in [-0.15, -0.1) is 0 Å². The summed E-state index contributed by atoms with van der Waals surface area (Å²) in [6, 6.07) is 12.0. The van der Waals surface area contributed by atoms with Crippen molar-refractivity contribution in [2.75, 3.05) is 13.8 Å². The SMILES string of the molecule is COCNC(=O)c1cc(C)n(CCc2ccccc2)n1. The first-order valence-electron chi connectivity index (χ1n) is 6.56. The molecule has 0 radical (unpaired) electrons. The standard InChI is InChI=1S/C15H19N3O2/c1-12-10-14(15(19)16-11-20-2)17-18(12)9-8-13-6-4-3-5-7-13/h3-7,10H,8-9,11H2,1-2H3,(H,16,19). The number of carbonyl (C=O) groups is 1. The average Bonchev–Trinajstić information content (AvgIpc) is 2.85. The number of nitrogens with one attached hydrogen (secondary N) is 1. The molecule has 5 heteroatoms. The number of methoxy groups -OCH3 is 1. The van der Waals surface area contributed by atoms with Crippen LogP contribution in [0.1, 0.15) is 21.7 Å². The van der Waals surface area contributed by atoms with Crippen LogP contribution in [0.5, 0.6) is 0 Å². The molecule has 0 spiro atoms. The Morgan fingerprint density at radius 1 is 1.35 bits per heavy atom. The van der Waals surface area contributed by atoms with Crippen LogP contribution in [0, 0.1) is 6.92 Å². The maximum absolute atomic E-state index is 11.8. The fourth-order valence-corrected chi connectivity index (χ4v) is 1.96. The van der Waals surface area contributed by atoms with Crippen LogP contribution < -0.4 is 5.32 Å². The van der Waals surface area contributed by atoms with Crippen LogP contribution in [-0.2, 0) is 17.7 Å². The summed E-state index contributed by atoms with van der Waals surface area (Å²) in [6.07, 6.45) is 0.891. The van der Waals surface area contributed by atoms with Gasteiger partial charge in [-0.05, 0) is 25.0 Å². The molecule has 0 aliphatic carbocycles. The molecule has 0 atom stereocenters. The zero-order valence-electron chi connectivity index (χ0n) is 11.8. The number of amides is 1. The van der Waals surface area contributed by atoms with E-state index < -0.39 is 0 Å². The third-order valence-electron chi connectivity index (χ3n) is 3.05. The van der Waals surface area contributed by atoms with Crippen molar-refractivity contribution in [3.63, 3.8) is 0 Å². The van der Waals surface area contributed by atoms with E-state index in [1.807, 2.05) is 29.8 Å². The summed E-state index contributed by atoms with van der Waals surface area (Å²) in [5, 5.41) is 6.95. The summed E-state index contributed by atoms with van der Waals surface area (Å²) in [5.74, 6) is -0.214. The molecule has 1 heterocycles. The van der Waals surface area contributed by atoms with Crippen molar-refractivity contribution in [2.24, 2.45) is 0 Å². The van der Waals surface area contributed by atoms with Gasteiger partial charge in [0.05, 0.1) is 0 Å². The van der Waals surface area contributed by atoms with E-state index in [0.717, 1.165) is 18.7 Å². The predicted octanol–water partition coefficient (Wildman–Crippen LogP) is 1.77. The van der Waals surface area contributed by atoms with Gasteiger partial charge in [-0.2, -0.15) is 5.10 Å². The molecule has 0 bridgehead atoms. The quantitative estimate of drug-likeness (QED) is 0.816. The molecule has 1 amide bonds. The minimum Gasteiger partial charge on any atom is -0.364 e. The number of nitrogens with zero attached hydrogens (tertiary/aromatic N) is 2. The molecule has 5 nitrogen and oxygen atoms in total. The highest BCUT2D eigenvalue weighted by Gasteiger charge is 2.11. The highest BCUT2D eigenvalue weighted by molar-refractivity contribution is 5.92. The van der Waals surface area contributed by atoms with Crippen molar-refractivity contribution < 1.29 is 9.53 Å². The molecule has 1 aromatic carbocycles. The molecule has 0 aliphatic rings. The fourth-order valence-electron chi connectivity index (χ4n) is 1.96. The second-order valence-corrected chi connectivity index (χ2v) is 4.57. The summed E-state index contributed by atoms with van der Waals surface area (Å²) < 4.78 is 6.67. The Hall–Kier alpha value is -2.14. The van der Waals surface area contributed by atoms with Crippen molar-refractivity contribution in [1.82, 2.24) is 15.1 Å². The smallest absolute Gasteiger partial charge is 0.273 e. The lowest BCUT2D eigenvalue weighted by atomic mass is 10.1. The topological polar surface area (TPSA) is 56.1 Å². The number of hydrogen-bond donors (Lipinski definition) is 1. The van der Waals surface area contributed by atoms with Crippen LogP contribution in [0.25, 0.3) is 0 Å². The number of aryl methyl sites for hydroxylation is 3. The summed E-state index contributed by atoms with van der Waals surface area (Å²) in [4.78, 5) is 11.8. The van der Waals surface area contributed by atoms with Gasteiger partial charge in [0.25, 0.3) is 5.91 Å². The van der Waals surface area contributed by atoms with Gasteiger partial charge in [-0.25, -0.2) is 0 Å². The molecular formula is C15H19N3O2. The lowest BCUT2D eigenvalue weighted by molar-refractivity contribution is 0.0866. The first-order valence-corrected chi connectivity index (χ1v) is 6.56. The predicted molar refractivity (Wildman–Crippen MR) is 76.5 cm³/mol. The minimum atomic E-state index is -0.214. The van der Waals surface area contributed by atoms with E-state index >= 15 is 0 Å². The van der Waals surface area contributed by atoms with Crippen LogP contribution in [0.2, 0.25) is 0 Å². The maximum atomic E-state index is 11.8. The molecule has 1 aromatic heterocycles. The first-order chi connectivity index (χ1) is 9.70. The molecule has 2 rings (SSSR count). The molecule has 0 aliphatic heterocycles. The Labute approximate surface area is 118 Å². The van der Waals surface area contributed by atoms with Crippen molar-refractivity contribution in [3.05, 3.63) is 53.3 Å². The lowest BCUT2D eigenvalue weighted by Crippen LogP contribution is -2.25. The monoisotopic (exact) mass is 273 g/mol. The summed E-state index contributed by atoms with van der Waals surface area (Å²) in [6.45, 7) is 2.90. The molecule has 2 aromatic rings. The number of benzene rings is 1. The van der Waals surface area contributed by atoms with Crippen molar-refractivity contribution in [2.45, 2.75) is 19.9 Å². The number of rotatable bonds is 6. The molecule has 0 saturated carbocycles. The van der Waals surface area contributed by atoms with Crippen LogP contribution in [0.4, 0.5) is 0 Å². The zero-order valence-corrected chi connectivity index (χ0v) is 11.8. The largest absolute Gasteiger partial charge is 0.364 e. The van der Waals surface area contributed by atoms with E-state index in [1.165, 1.54) is 12.7 Å². The Bertz CT molecular complexity index is 564. The number of carbonyl (C=O) groups excluding carboxylic acids is 1. The molecule has 1 N–H and O–H groups in total. The Balaban J connectivity index is 1.99. The average molecular weight is 273 g/mol. The van der Waals surface area contributed by atoms with E-state index in [2.05, 4.69) is 22.5 Å². The van der Waals surface area contributed by atoms with Gasteiger partial charge in [0, 0.05) is 19.3 Å². The lowest BCUT2D eigenvalue weighted by Gasteiger charge is -2.04. The highest BCUT2D eigenvalue weighted by atomic mass is 16.5. The van der Waals surface area contributed by atoms with E-state index in [-0.39, 0.29) is 12.6 Å². The third kappa shape index (κ3) is 3.68. The van der Waals surface area contributed by atoms with Gasteiger partial charge in [-0.1, -0.05) is 30.3 Å². The van der Waals surface area contributed by atoms with Gasteiger partial charge in [0.2, 0.25) is 0 Å². The van der Waals surface area contributed by atoms with E-state index in [9.17, 15) is 4.79 Å². The molecule has 20 heavy (non-hydrogen) atoms. The summed E-state index contributed by atoms with van der Waals surface area (Å²) in [7, 11) is 1.53. The van der Waals surface area contributed by atoms with Crippen LogP contribution in [0.3, 0.4) is 0 Å². The molecule has 0 fully saturated rings. The molecular weight excluding hydrogens is 254 g/mol. The molecule has 106 valence electrons. The zero-order chi connectivity index (χ0) is 14.4. The van der Waals surface area contributed by atoms with Crippen LogP contribution in [-0.4, -0.2) is 29.5 Å². The van der Waals surface area contributed by atoms with E-state index in [1.54, 1.807) is 6.07 Å². The Morgan fingerprint density at radius 3 is 2.80 bits per heavy atom. The van der Waals surface area contributed by atoms with Gasteiger partial charge >= 0.3 is 0 Å². The first kappa shape index (κ1) is 14.3. The van der Waals surface area contributed by atoms with E-state index in [4.69, 9.17) is 4.74 Å². The number of ether oxygens (including phenoxy) is 1. The fraction of sp³-hybridized carbons (Fsp3) is 0.333. The second kappa shape index (κ2) is 6.86. The maximum Gasteiger partial charge on any atom is 0.273 e. The van der Waals surface area contributed by atoms with Crippen molar-refractivity contribution >= 4 is 5.91 Å². The number of hydrogen-bond acceptors (Lipinski definition) is 3. The summed E-state index contributed by atoms with van der Waals surface area (Å²) in [5.41, 5.74) is 2.66. The Kier molecular flexibility index (Phi) is 4.90.